The van der Waals surface area contributed by atoms with E-state index in [1.54, 1.807) is 18.4 Å². The second-order valence-electron chi connectivity index (χ2n) is 9.79. The van der Waals surface area contributed by atoms with Gasteiger partial charge in [-0.05, 0) is 66.6 Å². The molecule has 1 fully saturated rings. The number of thiazole rings is 1. The molecule has 2 N–H and O–H groups in total. The van der Waals surface area contributed by atoms with E-state index in [1.807, 2.05) is 35.8 Å². The maximum atomic E-state index is 12.7. The number of benzene rings is 2. The van der Waals surface area contributed by atoms with E-state index < -0.39 is 0 Å². The molecule has 0 bridgehead atoms. The molecule has 37 heavy (non-hydrogen) atoms. The summed E-state index contributed by atoms with van der Waals surface area (Å²) in [4.78, 5) is 22.1. The fraction of sp³-hybridized carbons (Fsp3) is 0.367. The molecule has 7 heteroatoms. The number of carbonyl (C=O) groups is 1. The summed E-state index contributed by atoms with van der Waals surface area (Å²) in [6.45, 7) is 1.44. The number of carbonyl (C=O) groups excluding carboxylic acids is 1. The molecule has 0 aliphatic heterocycles. The third-order valence-electron chi connectivity index (χ3n) is 7.17. The summed E-state index contributed by atoms with van der Waals surface area (Å²) in [5.74, 6) is 2.40. The number of pyridine rings is 1. The first kappa shape index (κ1) is 25.2. The summed E-state index contributed by atoms with van der Waals surface area (Å²) in [7, 11) is 1.67. The topological polar surface area (TPSA) is 76.1 Å². The molecule has 1 saturated carbocycles. The number of aryl methyl sites for hydroxylation is 1. The van der Waals surface area contributed by atoms with Crippen LogP contribution in [-0.4, -0.2) is 29.5 Å². The average Bonchev–Trinajstić information content (AvgIpc) is 3.49. The van der Waals surface area contributed by atoms with Crippen LogP contribution >= 0.6 is 11.3 Å². The largest absolute Gasteiger partial charge is 0.497 e. The van der Waals surface area contributed by atoms with Gasteiger partial charge in [-0.2, -0.15) is 0 Å². The van der Waals surface area contributed by atoms with Crippen molar-refractivity contribution in [1.82, 2.24) is 15.3 Å². The second kappa shape index (κ2) is 12.2. The van der Waals surface area contributed by atoms with E-state index in [0.29, 0.717) is 25.3 Å². The highest BCUT2D eigenvalue weighted by molar-refractivity contribution is 7.07. The van der Waals surface area contributed by atoms with Gasteiger partial charge in [-0.15, -0.1) is 11.3 Å². The third-order valence-corrected chi connectivity index (χ3v) is 7.76. The van der Waals surface area contributed by atoms with Crippen LogP contribution in [0.25, 0.3) is 22.2 Å². The highest BCUT2D eigenvalue weighted by atomic mass is 32.1. The van der Waals surface area contributed by atoms with E-state index >= 15 is 0 Å². The Bertz CT molecular complexity index is 1320. The first-order valence-corrected chi connectivity index (χ1v) is 14.1. The standard InChI is InChI=1S/C30H34N4O2S/c1-36-26-11-7-22(8-12-26)18-32-30-24(10-14-29(35)31-17-21-5-3-2-4-6-21)16-25-15-23(9-13-27(25)34-30)28-19-37-20-33-28/h7-9,11-13,15-16,19-21H,2-6,10,14,17-18H2,1H3,(H,31,35)(H,32,34). The van der Waals surface area contributed by atoms with Gasteiger partial charge in [0.15, 0.2) is 0 Å². The Morgan fingerprint density at radius 3 is 2.68 bits per heavy atom. The fourth-order valence-corrected chi connectivity index (χ4v) is 5.55. The van der Waals surface area contributed by atoms with Crippen LogP contribution in [0.15, 0.2) is 59.4 Å². The molecule has 1 aliphatic rings. The van der Waals surface area contributed by atoms with Crippen molar-refractivity contribution in [2.75, 3.05) is 19.0 Å². The predicted molar refractivity (Wildman–Crippen MR) is 151 cm³/mol. The van der Waals surface area contributed by atoms with Crippen molar-refractivity contribution in [2.24, 2.45) is 5.92 Å². The zero-order chi connectivity index (χ0) is 25.5. The molecule has 0 atom stereocenters. The maximum absolute atomic E-state index is 12.7. The summed E-state index contributed by atoms with van der Waals surface area (Å²) in [6, 6.07) is 16.4. The van der Waals surface area contributed by atoms with Gasteiger partial charge in [0, 0.05) is 35.8 Å². The summed E-state index contributed by atoms with van der Waals surface area (Å²) in [5, 5.41) is 9.80. The van der Waals surface area contributed by atoms with Crippen molar-refractivity contribution >= 4 is 34.0 Å². The van der Waals surface area contributed by atoms with Gasteiger partial charge in [0.1, 0.15) is 11.6 Å². The lowest BCUT2D eigenvalue weighted by Gasteiger charge is -2.21. The lowest BCUT2D eigenvalue weighted by Crippen LogP contribution is -2.30. The Balaban J connectivity index is 1.33. The minimum Gasteiger partial charge on any atom is -0.497 e. The van der Waals surface area contributed by atoms with Gasteiger partial charge in [0.05, 0.1) is 23.8 Å². The van der Waals surface area contributed by atoms with Crippen molar-refractivity contribution in [2.45, 2.75) is 51.5 Å². The van der Waals surface area contributed by atoms with E-state index in [9.17, 15) is 4.79 Å². The van der Waals surface area contributed by atoms with Gasteiger partial charge >= 0.3 is 0 Å². The predicted octanol–water partition coefficient (Wildman–Crippen LogP) is 6.61. The lowest BCUT2D eigenvalue weighted by molar-refractivity contribution is -0.121. The average molecular weight is 515 g/mol. The van der Waals surface area contributed by atoms with E-state index in [0.717, 1.165) is 51.4 Å². The minimum atomic E-state index is 0.114. The smallest absolute Gasteiger partial charge is 0.220 e. The second-order valence-corrected chi connectivity index (χ2v) is 10.5. The third kappa shape index (κ3) is 6.66. The summed E-state index contributed by atoms with van der Waals surface area (Å²) >= 11 is 1.59. The number of nitrogens with zero attached hydrogens (tertiary/aromatic N) is 2. The van der Waals surface area contributed by atoms with E-state index in [4.69, 9.17) is 9.72 Å². The number of rotatable bonds is 10. The fourth-order valence-electron chi connectivity index (χ4n) is 4.99. The normalized spacial score (nSPS) is 14.0. The van der Waals surface area contributed by atoms with Crippen LogP contribution in [0.1, 0.15) is 49.7 Å². The van der Waals surface area contributed by atoms with E-state index in [1.165, 1.54) is 32.1 Å². The van der Waals surface area contributed by atoms with Crippen LogP contribution in [0.5, 0.6) is 5.75 Å². The highest BCUT2D eigenvalue weighted by Crippen LogP contribution is 2.28. The molecule has 1 amide bonds. The Kier molecular flexibility index (Phi) is 8.31. The SMILES string of the molecule is COc1ccc(CNc2nc3ccc(-c4cscn4)cc3cc2CCC(=O)NCC2CCCCC2)cc1. The van der Waals surface area contributed by atoms with Crippen LogP contribution in [0, 0.1) is 5.92 Å². The summed E-state index contributed by atoms with van der Waals surface area (Å²) < 4.78 is 5.27. The number of aromatic nitrogens is 2. The first-order valence-electron chi connectivity index (χ1n) is 13.1. The van der Waals surface area contributed by atoms with Gasteiger partial charge < -0.3 is 15.4 Å². The molecular formula is C30H34N4O2S. The van der Waals surface area contributed by atoms with Crippen molar-refractivity contribution in [3.63, 3.8) is 0 Å². The van der Waals surface area contributed by atoms with Gasteiger partial charge in [0.25, 0.3) is 0 Å². The Morgan fingerprint density at radius 2 is 1.92 bits per heavy atom. The van der Waals surface area contributed by atoms with Crippen LogP contribution in [0.3, 0.4) is 0 Å². The molecule has 5 rings (SSSR count). The van der Waals surface area contributed by atoms with Crippen molar-refractivity contribution in [1.29, 1.82) is 0 Å². The molecule has 4 aromatic rings. The Labute approximate surface area is 222 Å². The van der Waals surface area contributed by atoms with Crippen LogP contribution in [-0.2, 0) is 17.8 Å². The molecule has 0 saturated heterocycles. The molecule has 0 spiro atoms. The summed E-state index contributed by atoms with van der Waals surface area (Å²) in [6.07, 6.45) is 7.44. The van der Waals surface area contributed by atoms with E-state index in [-0.39, 0.29) is 5.91 Å². The molecule has 2 aromatic heterocycles. The first-order chi connectivity index (χ1) is 18.2. The molecule has 2 aromatic carbocycles. The minimum absolute atomic E-state index is 0.114. The van der Waals surface area contributed by atoms with E-state index in [2.05, 4.69) is 39.2 Å². The zero-order valence-electron chi connectivity index (χ0n) is 21.3. The molecule has 0 unspecified atom stereocenters. The number of hydrogen-bond acceptors (Lipinski definition) is 6. The quantitative estimate of drug-likeness (QED) is 0.249. The van der Waals surface area contributed by atoms with Gasteiger partial charge in [-0.25, -0.2) is 9.97 Å². The van der Waals surface area contributed by atoms with Gasteiger partial charge in [-0.3, -0.25) is 4.79 Å². The molecule has 1 aliphatic carbocycles. The van der Waals surface area contributed by atoms with Crippen LogP contribution < -0.4 is 15.4 Å². The van der Waals surface area contributed by atoms with Crippen molar-refractivity contribution < 1.29 is 9.53 Å². The zero-order valence-corrected chi connectivity index (χ0v) is 22.2. The number of methoxy groups -OCH3 is 1. The maximum Gasteiger partial charge on any atom is 0.220 e. The molecule has 2 heterocycles. The molecule has 6 nitrogen and oxygen atoms in total. The van der Waals surface area contributed by atoms with Crippen molar-refractivity contribution in [3.8, 4) is 17.0 Å². The Morgan fingerprint density at radius 1 is 1.08 bits per heavy atom. The molecule has 0 radical (unpaired) electrons. The molecule has 192 valence electrons. The number of hydrogen-bond donors (Lipinski definition) is 2. The molecular weight excluding hydrogens is 480 g/mol. The lowest BCUT2D eigenvalue weighted by atomic mass is 9.89. The number of amides is 1. The highest BCUT2D eigenvalue weighted by Gasteiger charge is 2.15. The monoisotopic (exact) mass is 514 g/mol. The van der Waals surface area contributed by atoms with Crippen LogP contribution in [0.4, 0.5) is 5.82 Å². The van der Waals surface area contributed by atoms with Gasteiger partial charge in [0.2, 0.25) is 5.91 Å². The van der Waals surface area contributed by atoms with Gasteiger partial charge in [-0.1, -0.05) is 37.5 Å². The Hall–Kier alpha value is -3.45. The number of nitrogens with one attached hydrogen (secondary N) is 2. The van der Waals surface area contributed by atoms with Crippen molar-refractivity contribution in [3.05, 3.63) is 70.5 Å². The van der Waals surface area contributed by atoms with Crippen LogP contribution in [0.2, 0.25) is 0 Å². The number of anilines is 1. The number of ether oxygens (including phenoxy) is 1. The number of fused-ring (bicyclic) bond motifs is 1. The summed E-state index contributed by atoms with van der Waals surface area (Å²) in [5.41, 5.74) is 6.99.